The molecule has 0 bridgehead atoms. The number of furan rings is 1. The molecule has 2 N–H and O–H groups in total. The van der Waals surface area contributed by atoms with Crippen molar-refractivity contribution >= 4 is 11.7 Å². The first kappa shape index (κ1) is 13.6. The molecule has 0 aromatic carbocycles. The van der Waals surface area contributed by atoms with Gasteiger partial charge in [0.25, 0.3) is 5.91 Å². The lowest BCUT2D eigenvalue weighted by Gasteiger charge is -2.11. The van der Waals surface area contributed by atoms with E-state index in [0.29, 0.717) is 18.1 Å². The number of anilines is 1. The Morgan fingerprint density at radius 2 is 2.14 bits per heavy atom. The summed E-state index contributed by atoms with van der Waals surface area (Å²) < 4.78 is 5.22. The fourth-order valence-corrected chi connectivity index (χ4v) is 2.46. The number of amides is 1. The van der Waals surface area contributed by atoms with E-state index in [4.69, 9.17) is 4.42 Å². The number of nitrogens with zero attached hydrogens (tertiary/aromatic N) is 2. The van der Waals surface area contributed by atoms with E-state index in [0.717, 1.165) is 18.6 Å². The normalized spacial score (nSPS) is 15.0. The molecule has 0 atom stereocenters. The molecule has 1 aliphatic carbocycles. The standard InChI is InChI=1S/C15H18N4O2/c20-15(19-11-4-1-2-5-11)13-9-18-14(10-16-13)17-8-12-6-3-7-21-12/h3,6-7,9-11H,1-2,4-5,8H2,(H,17,18)(H,19,20). The highest BCUT2D eigenvalue weighted by molar-refractivity contribution is 5.92. The van der Waals surface area contributed by atoms with Crippen molar-refractivity contribution in [2.75, 3.05) is 5.32 Å². The van der Waals surface area contributed by atoms with Crippen LogP contribution < -0.4 is 10.6 Å². The van der Waals surface area contributed by atoms with Crippen LogP contribution in [-0.2, 0) is 6.54 Å². The summed E-state index contributed by atoms with van der Waals surface area (Å²) in [5.41, 5.74) is 0.352. The molecule has 0 spiro atoms. The van der Waals surface area contributed by atoms with Crippen molar-refractivity contribution in [2.45, 2.75) is 38.3 Å². The van der Waals surface area contributed by atoms with E-state index in [1.807, 2.05) is 12.1 Å². The summed E-state index contributed by atoms with van der Waals surface area (Å²) in [5.74, 6) is 1.29. The number of aromatic nitrogens is 2. The minimum Gasteiger partial charge on any atom is -0.467 e. The van der Waals surface area contributed by atoms with Crippen LogP contribution in [0, 0.1) is 0 Å². The monoisotopic (exact) mass is 286 g/mol. The topological polar surface area (TPSA) is 80.0 Å². The fraction of sp³-hybridized carbons (Fsp3) is 0.400. The lowest BCUT2D eigenvalue weighted by molar-refractivity contribution is 0.0932. The predicted octanol–water partition coefficient (Wildman–Crippen LogP) is 2.35. The molecule has 2 aromatic heterocycles. The second-order valence-electron chi connectivity index (χ2n) is 5.17. The highest BCUT2D eigenvalue weighted by atomic mass is 16.3. The first-order chi connectivity index (χ1) is 10.3. The quantitative estimate of drug-likeness (QED) is 0.882. The Kier molecular flexibility index (Phi) is 4.14. The predicted molar refractivity (Wildman–Crippen MR) is 77.8 cm³/mol. The zero-order valence-corrected chi connectivity index (χ0v) is 11.7. The SMILES string of the molecule is O=C(NC1CCCC1)c1cnc(NCc2ccco2)cn1. The van der Waals surface area contributed by atoms with Crippen LogP contribution in [0.15, 0.2) is 35.2 Å². The maximum absolute atomic E-state index is 12.0. The maximum Gasteiger partial charge on any atom is 0.271 e. The van der Waals surface area contributed by atoms with E-state index in [1.165, 1.54) is 19.0 Å². The molecule has 0 unspecified atom stereocenters. The Hall–Kier alpha value is -2.37. The van der Waals surface area contributed by atoms with Crippen LogP contribution in [0.5, 0.6) is 0 Å². The Balaban J connectivity index is 1.54. The molecule has 1 aliphatic rings. The molecule has 110 valence electrons. The van der Waals surface area contributed by atoms with E-state index < -0.39 is 0 Å². The third-order valence-corrected chi connectivity index (χ3v) is 3.60. The highest BCUT2D eigenvalue weighted by Gasteiger charge is 2.18. The van der Waals surface area contributed by atoms with Crippen molar-refractivity contribution in [3.8, 4) is 0 Å². The number of carbonyl (C=O) groups is 1. The van der Waals surface area contributed by atoms with Crippen molar-refractivity contribution in [1.29, 1.82) is 0 Å². The summed E-state index contributed by atoms with van der Waals surface area (Å²) in [6.45, 7) is 0.537. The minimum atomic E-state index is -0.146. The van der Waals surface area contributed by atoms with Gasteiger partial charge in [0.15, 0.2) is 0 Å². The molecule has 6 nitrogen and oxygen atoms in total. The zero-order valence-electron chi connectivity index (χ0n) is 11.7. The van der Waals surface area contributed by atoms with Crippen molar-refractivity contribution < 1.29 is 9.21 Å². The van der Waals surface area contributed by atoms with Gasteiger partial charge in [-0.05, 0) is 25.0 Å². The van der Waals surface area contributed by atoms with Crippen LogP contribution in [0.25, 0.3) is 0 Å². The summed E-state index contributed by atoms with van der Waals surface area (Å²) >= 11 is 0. The van der Waals surface area contributed by atoms with E-state index in [9.17, 15) is 4.79 Å². The van der Waals surface area contributed by atoms with Crippen molar-refractivity contribution in [3.63, 3.8) is 0 Å². The van der Waals surface area contributed by atoms with Gasteiger partial charge < -0.3 is 15.1 Å². The van der Waals surface area contributed by atoms with E-state index >= 15 is 0 Å². The average Bonchev–Trinajstić information content (AvgIpc) is 3.19. The fourth-order valence-electron chi connectivity index (χ4n) is 2.46. The van der Waals surface area contributed by atoms with Crippen molar-refractivity contribution in [2.24, 2.45) is 0 Å². The van der Waals surface area contributed by atoms with Gasteiger partial charge in [0, 0.05) is 6.04 Å². The molecule has 1 fully saturated rings. The van der Waals surface area contributed by atoms with Crippen molar-refractivity contribution in [3.05, 3.63) is 42.2 Å². The van der Waals surface area contributed by atoms with E-state index in [2.05, 4.69) is 20.6 Å². The molecule has 21 heavy (non-hydrogen) atoms. The van der Waals surface area contributed by atoms with Crippen molar-refractivity contribution in [1.82, 2.24) is 15.3 Å². The summed E-state index contributed by atoms with van der Waals surface area (Å²) in [5, 5.41) is 6.08. The average molecular weight is 286 g/mol. The molecular formula is C15H18N4O2. The van der Waals surface area contributed by atoms with Gasteiger partial charge in [0.2, 0.25) is 0 Å². The number of hydrogen-bond donors (Lipinski definition) is 2. The summed E-state index contributed by atoms with van der Waals surface area (Å²) in [7, 11) is 0. The first-order valence-corrected chi connectivity index (χ1v) is 7.20. The number of carbonyl (C=O) groups excluding carboxylic acids is 1. The third kappa shape index (κ3) is 3.59. The van der Waals surface area contributed by atoms with E-state index in [-0.39, 0.29) is 11.9 Å². The molecule has 2 heterocycles. The molecule has 2 aromatic rings. The maximum atomic E-state index is 12.0. The van der Waals surface area contributed by atoms with Crippen LogP contribution in [0.2, 0.25) is 0 Å². The minimum absolute atomic E-state index is 0.146. The molecule has 6 heteroatoms. The molecule has 1 amide bonds. The second-order valence-corrected chi connectivity index (χ2v) is 5.17. The van der Waals surface area contributed by atoms with Crippen LogP contribution in [-0.4, -0.2) is 21.9 Å². The lowest BCUT2D eigenvalue weighted by atomic mass is 10.2. The number of nitrogens with one attached hydrogen (secondary N) is 2. The Bertz CT molecular complexity index is 574. The van der Waals surface area contributed by atoms with Crippen LogP contribution in [0.4, 0.5) is 5.82 Å². The van der Waals surface area contributed by atoms with Gasteiger partial charge in [-0.2, -0.15) is 0 Å². The first-order valence-electron chi connectivity index (χ1n) is 7.20. The molecule has 3 rings (SSSR count). The smallest absolute Gasteiger partial charge is 0.271 e. The van der Waals surface area contributed by atoms with Gasteiger partial charge in [0.1, 0.15) is 17.3 Å². The number of hydrogen-bond acceptors (Lipinski definition) is 5. The Labute approximate surface area is 123 Å². The van der Waals surface area contributed by atoms with Crippen LogP contribution in [0.1, 0.15) is 41.9 Å². The van der Waals surface area contributed by atoms with Gasteiger partial charge in [-0.25, -0.2) is 9.97 Å². The van der Waals surface area contributed by atoms with E-state index in [1.54, 1.807) is 12.5 Å². The molecule has 0 saturated heterocycles. The Morgan fingerprint density at radius 1 is 1.29 bits per heavy atom. The van der Waals surface area contributed by atoms with Gasteiger partial charge >= 0.3 is 0 Å². The third-order valence-electron chi connectivity index (χ3n) is 3.60. The summed E-state index contributed by atoms with van der Waals surface area (Å²) in [4.78, 5) is 20.4. The zero-order chi connectivity index (χ0) is 14.5. The van der Waals surface area contributed by atoms with Crippen LogP contribution in [0.3, 0.4) is 0 Å². The van der Waals surface area contributed by atoms with Crippen LogP contribution >= 0.6 is 0 Å². The highest BCUT2D eigenvalue weighted by Crippen LogP contribution is 2.18. The molecule has 0 aliphatic heterocycles. The second kappa shape index (κ2) is 6.39. The summed E-state index contributed by atoms with van der Waals surface area (Å²) in [6, 6.07) is 4.00. The lowest BCUT2D eigenvalue weighted by Crippen LogP contribution is -2.33. The Morgan fingerprint density at radius 3 is 2.81 bits per heavy atom. The van der Waals surface area contributed by atoms with Gasteiger partial charge in [-0.1, -0.05) is 12.8 Å². The molecule has 1 saturated carbocycles. The van der Waals surface area contributed by atoms with Gasteiger partial charge in [-0.15, -0.1) is 0 Å². The molecular weight excluding hydrogens is 268 g/mol. The number of rotatable bonds is 5. The van der Waals surface area contributed by atoms with Gasteiger partial charge in [0.05, 0.1) is 25.2 Å². The summed E-state index contributed by atoms with van der Waals surface area (Å²) in [6.07, 6.45) is 9.17. The largest absolute Gasteiger partial charge is 0.467 e. The molecule has 0 radical (unpaired) electrons. The van der Waals surface area contributed by atoms with Gasteiger partial charge in [-0.3, -0.25) is 4.79 Å².